The molecule has 0 aliphatic heterocycles. The summed E-state index contributed by atoms with van der Waals surface area (Å²) < 4.78 is 16.5. The largest absolute Gasteiger partial charge is 0.493 e. The number of nitrogens with zero attached hydrogens (tertiary/aromatic N) is 1. The molecule has 0 heterocycles. The van der Waals surface area contributed by atoms with Crippen molar-refractivity contribution in [1.82, 2.24) is 5.43 Å². The SMILES string of the molecule is COc1cc(/C=N/NC(=O)COc2cc(C)ccc2C(C)C)ccc1OC(=O)c1ccc(Cl)c(Cl)c1. The molecule has 0 saturated heterocycles. The lowest BCUT2D eigenvalue weighted by molar-refractivity contribution is -0.123. The Morgan fingerprint density at radius 3 is 2.44 bits per heavy atom. The fraction of sp³-hybridized carbons (Fsp3) is 0.222. The lowest BCUT2D eigenvalue weighted by Crippen LogP contribution is -2.25. The third kappa shape index (κ3) is 7.23. The molecule has 3 aromatic carbocycles. The van der Waals surface area contributed by atoms with Gasteiger partial charge < -0.3 is 14.2 Å². The van der Waals surface area contributed by atoms with Crippen molar-refractivity contribution in [3.8, 4) is 17.2 Å². The number of methoxy groups -OCH3 is 1. The molecule has 3 rings (SSSR count). The van der Waals surface area contributed by atoms with Gasteiger partial charge in [-0.2, -0.15) is 5.10 Å². The van der Waals surface area contributed by atoms with Crippen molar-refractivity contribution in [3.05, 3.63) is 86.9 Å². The lowest BCUT2D eigenvalue weighted by Gasteiger charge is -2.14. The highest BCUT2D eigenvalue weighted by molar-refractivity contribution is 6.42. The predicted octanol–water partition coefficient (Wildman–Crippen LogP) is 6.18. The van der Waals surface area contributed by atoms with Gasteiger partial charge in [0, 0.05) is 0 Å². The number of hydrazone groups is 1. The van der Waals surface area contributed by atoms with E-state index in [0.29, 0.717) is 22.1 Å². The van der Waals surface area contributed by atoms with Crippen LogP contribution in [0.25, 0.3) is 0 Å². The second kappa shape index (κ2) is 12.4. The number of esters is 1. The predicted molar refractivity (Wildman–Crippen MR) is 141 cm³/mol. The number of benzene rings is 3. The van der Waals surface area contributed by atoms with E-state index >= 15 is 0 Å². The minimum Gasteiger partial charge on any atom is -0.493 e. The Hall–Kier alpha value is -3.55. The first-order chi connectivity index (χ1) is 17.2. The number of amides is 1. The smallest absolute Gasteiger partial charge is 0.343 e. The van der Waals surface area contributed by atoms with E-state index < -0.39 is 11.9 Å². The van der Waals surface area contributed by atoms with Crippen LogP contribution in [0.4, 0.5) is 0 Å². The number of carbonyl (C=O) groups excluding carboxylic acids is 2. The van der Waals surface area contributed by atoms with Gasteiger partial charge in [0.15, 0.2) is 18.1 Å². The van der Waals surface area contributed by atoms with Gasteiger partial charge in [-0.25, -0.2) is 10.2 Å². The third-order valence-electron chi connectivity index (χ3n) is 5.10. The summed E-state index contributed by atoms with van der Waals surface area (Å²) in [5, 5.41) is 4.55. The maximum absolute atomic E-state index is 12.5. The molecule has 0 fully saturated rings. The zero-order chi connectivity index (χ0) is 26.2. The van der Waals surface area contributed by atoms with Crippen LogP contribution in [0.2, 0.25) is 10.0 Å². The summed E-state index contributed by atoms with van der Waals surface area (Å²) in [6.07, 6.45) is 1.44. The molecule has 0 radical (unpaired) electrons. The van der Waals surface area contributed by atoms with Crippen LogP contribution in [0, 0.1) is 6.92 Å². The van der Waals surface area contributed by atoms with Gasteiger partial charge >= 0.3 is 5.97 Å². The van der Waals surface area contributed by atoms with Crippen molar-refractivity contribution in [2.24, 2.45) is 5.10 Å². The van der Waals surface area contributed by atoms with E-state index in [0.717, 1.165) is 11.1 Å². The van der Waals surface area contributed by atoms with Gasteiger partial charge in [-0.3, -0.25) is 4.79 Å². The molecule has 7 nitrogen and oxygen atoms in total. The fourth-order valence-electron chi connectivity index (χ4n) is 3.23. The van der Waals surface area contributed by atoms with Gasteiger partial charge in [-0.1, -0.05) is 49.2 Å². The van der Waals surface area contributed by atoms with Crippen LogP contribution in [0.5, 0.6) is 17.2 Å². The molecule has 9 heteroatoms. The van der Waals surface area contributed by atoms with Crippen LogP contribution >= 0.6 is 23.2 Å². The van der Waals surface area contributed by atoms with Gasteiger partial charge in [-0.15, -0.1) is 0 Å². The van der Waals surface area contributed by atoms with Crippen LogP contribution < -0.4 is 19.6 Å². The lowest BCUT2D eigenvalue weighted by atomic mass is 10.0. The molecular formula is C27H26Cl2N2O5. The Morgan fingerprint density at radius 1 is 0.972 bits per heavy atom. The Balaban J connectivity index is 1.59. The zero-order valence-corrected chi connectivity index (χ0v) is 21.8. The van der Waals surface area contributed by atoms with Crippen molar-refractivity contribution in [2.75, 3.05) is 13.7 Å². The minimum atomic E-state index is -0.616. The topological polar surface area (TPSA) is 86.2 Å². The van der Waals surface area contributed by atoms with Crippen LogP contribution in [0.1, 0.15) is 46.8 Å². The van der Waals surface area contributed by atoms with Crippen molar-refractivity contribution in [2.45, 2.75) is 26.7 Å². The average molecular weight is 529 g/mol. The molecule has 0 aromatic heterocycles. The van der Waals surface area contributed by atoms with Gasteiger partial charge in [-0.05, 0) is 72.0 Å². The zero-order valence-electron chi connectivity index (χ0n) is 20.3. The normalized spacial score (nSPS) is 11.0. The first-order valence-electron chi connectivity index (χ1n) is 11.1. The van der Waals surface area contributed by atoms with E-state index in [9.17, 15) is 9.59 Å². The second-order valence-corrected chi connectivity index (χ2v) is 9.02. The van der Waals surface area contributed by atoms with E-state index in [1.165, 1.54) is 31.5 Å². The number of hydrogen-bond acceptors (Lipinski definition) is 6. The Bertz CT molecular complexity index is 1290. The van der Waals surface area contributed by atoms with Gasteiger partial charge in [0.25, 0.3) is 5.91 Å². The maximum Gasteiger partial charge on any atom is 0.343 e. The second-order valence-electron chi connectivity index (χ2n) is 8.21. The van der Waals surface area contributed by atoms with Crippen LogP contribution in [0.3, 0.4) is 0 Å². The fourth-order valence-corrected chi connectivity index (χ4v) is 3.53. The first kappa shape index (κ1) is 27.0. The van der Waals surface area contributed by atoms with Gasteiger partial charge in [0.05, 0.1) is 28.9 Å². The summed E-state index contributed by atoms with van der Waals surface area (Å²) in [6.45, 7) is 5.92. The number of carbonyl (C=O) groups is 2. The van der Waals surface area contributed by atoms with E-state index in [1.807, 2.05) is 25.1 Å². The van der Waals surface area contributed by atoms with E-state index in [2.05, 4.69) is 24.4 Å². The van der Waals surface area contributed by atoms with Crippen LogP contribution in [-0.2, 0) is 4.79 Å². The van der Waals surface area contributed by atoms with Crippen molar-refractivity contribution in [3.63, 3.8) is 0 Å². The molecule has 0 bridgehead atoms. The molecule has 0 saturated carbocycles. The molecule has 0 aliphatic rings. The number of aryl methyl sites for hydroxylation is 1. The molecule has 3 aromatic rings. The Kier molecular flexibility index (Phi) is 9.33. The molecule has 1 amide bonds. The maximum atomic E-state index is 12.5. The standard InChI is InChI=1S/C27H26Cl2N2O5/c1-16(2)20-8-5-17(3)11-24(20)35-15-26(32)31-30-14-18-6-10-23(25(12-18)34-4)36-27(33)19-7-9-21(28)22(29)13-19/h5-14,16H,15H2,1-4H3,(H,31,32)/b30-14+. The molecular weight excluding hydrogens is 503 g/mol. The Labute approximate surface area is 220 Å². The van der Waals surface area contributed by atoms with Crippen molar-refractivity contribution >= 4 is 41.3 Å². The molecule has 0 aliphatic carbocycles. The molecule has 0 spiro atoms. The molecule has 36 heavy (non-hydrogen) atoms. The van der Waals surface area contributed by atoms with E-state index in [1.54, 1.807) is 18.2 Å². The van der Waals surface area contributed by atoms with Crippen LogP contribution in [0.15, 0.2) is 59.7 Å². The van der Waals surface area contributed by atoms with Crippen molar-refractivity contribution < 1.29 is 23.8 Å². The molecule has 1 N–H and O–H groups in total. The number of hydrogen-bond donors (Lipinski definition) is 1. The van der Waals surface area contributed by atoms with Crippen LogP contribution in [-0.4, -0.2) is 31.8 Å². The van der Waals surface area contributed by atoms with Gasteiger partial charge in [0.2, 0.25) is 0 Å². The Morgan fingerprint density at radius 2 is 1.75 bits per heavy atom. The first-order valence-corrected chi connectivity index (χ1v) is 11.8. The number of halogens is 2. The average Bonchev–Trinajstić information content (AvgIpc) is 2.85. The monoisotopic (exact) mass is 528 g/mol. The highest BCUT2D eigenvalue weighted by Gasteiger charge is 2.14. The minimum absolute atomic E-state index is 0.173. The molecule has 0 unspecified atom stereocenters. The number of ether oxygens (including phenoxy) is 3. The summed E-state index contributed by atoms with van der Waals surface area (Å²) in [7, 11) is 1.45. The summed E-state index contributed by atoms with van der Waals surface area (Å²) in [5.41, 5.74) is 5.37. The third-order valence-corrected chi connectivity index (χ3v) is 5.84. The highest BCUT2D eigenvalue weighted by Crippen LogP contribution is 2.30. The summed E-state index contributed by atoms with van der Waals surface area (Å²) in [4.78, 5) is 24.7. The quantitative estimate of drug-likeness (QED) is 0.155. The highest BCUT2D eigenvalue weighted by atomic mass is 35.5. The number of nitrogens with one attached hydrogen (secondary N) is 1. The molecule has 0 atom stereocenters. The molecule has 188 valence electrons. The number of rotatable bonds is 9. The van der Waals surface area contributed by atoms with Crippen molar-refractivity contribution in [1.29, 1.82) is 0 Å². The summed E-state index contributed by atoms with van der Waals surface area (Å²) >= 11 is 11.9. The van der Waals surface area contributed by atoms with E-state index in [4.69, 9.17) is 37.4 Å². The summed E-state index contributed by atoms with van der Waals surface area (Å²) in [5.74, 6) is 0.448. The van der Waals surface area contributed by atoms with E-state index in [-0.39, 0.29) is 28.9 Å². The summed E-state index contributed by atoms with van der Waals surface area (Å²) in [6, 6.07) is 15.2. The van der Waals surface area contributed by atoms with Gasteiger partial charge in [0.1, 0.15) is 5.75 Å².